The molecule has 0 aromatic rings. The zero-order valence-corrected chi connectivity index (χ0v) is 11.2. The average Bonchev–Trinajstić information content (AvgIpc) is 2.20. The van der Waals surface area contributed by atoms with Gasteiger partial charge in [-0.25, -0.2) is 0 Å². The number of hydrogen-bond acceptors (Lipinski definition) is 0. The first-order valence-corrected chi connectivity index (χ1v) is 7.08. The molecule has 6 fully saturated rings. The van der Waals surface area contributed by atoms with Crippen molar-refractivity contribution in [2.75, 3.05) is 0 Å². The van der Waals surface area contributed by atoms with E-state index >= 15 is 0 Å². The summed E-state index contributed by atoms with van der Waals surface area (Å²) in [5, 5.41) is 0. The SMILES string of the molecule is ClC1(Cl)C2[C@@H]3[C@H]4C5[C@@H]([C@@H]2C53Br)C41Br. The van der Waals surface area contributed by atoms with Crippen molar-refractivity contribution in [3.63, 3.8) is 0 Å². The molecule has 0 nitrogen and oxygen atoms in total. The van der Waals surface area contributed by atoms with Crippen LogP contribution in [-0.4, -0.2) is 13.0 Å². The van der Waals surface area contributed by atoms with Gasteiger partial charge in [-0.1, -0.05) is 55.1 Å². The maximum Gasteiger partial charge on any atom is 0.137 e. The Morgan fingerprint density at radius 2 is 1.23 bits per heavy atom. The lowest BCUT2D eigenvalue weighted by atomic mass is 9.20. The molecule has 6 aliphatic rings. The zero-order valence-electron chi connectivity index (χ0n) is 6.48. The van der Waals surface area contributed by atoms with Crippen LogP contribution in [0.2, 0.25) is 0 Å². The summed E-state index contributed by atoms with van der Waals surface area (Å²) >= 11 is 20.7. The van der Waals surface area contributed by atoms with Crippen LogP contribution in [0.15, 0.2) is 0 Å². The fourth-order valence-electron chi connectivity index (χ4n) is 5.60. The van der Waals surface area contributed by atoms with Gasteiger partial charge < -0.3 is 0 Å². The molecule has 0 radical (unpaired) electrons. The standard InChI is InChI=1S/C9H6Br2Cl2/c10-7-1-4-2(7)6-3(7)5(1)8(4,11)9(6,12)13/h1-6H/t1?,2-,3-,4-,5+,6?,7?,8?/m0/s1. The van der Waals surface area contributed by atoms with E-state index < -0.39 is 4.33 Å². The second-order valence-electron chi connectivity index (χ2n) is 5.37. The van der Waals surface area contributed by atoms with Crippen LogP contribution in [0.25, 0.3) is 0 Å². The molecule has 0 spiro atoms. The van der Waals surface area contributed by atoms with Gasteiger partial charge >= 0.3 is 0 Å². The molecule has 0 N–H and O–H groups in total. The van der Waals surface area contributed by atoms with E-state index in [4.69, 9.17) is 23.2 Å². The summed E-state index contributed by atoms with van der Waals surface area (Å²) in [6.45, 7) is 0. The summed E-state index contributed by atoms with van der Waals surface area (Å²) in [7, 11) is 0. The summed E-state index contributed by atoms with van der Waals surface area (Å²) in [5.41, 5.74) is 0. The zero-order chi connectivity index (χ0) is 8.96. The minimum Gasteiger partial charge on any atom is -0.0997 e. The highest BCUT2D eigenvalue weighted by Crippen LogP contribution is 3.04. The van der Waals surface area contributed by atoms with Crippen LogP contribution < -0.4 is 0 Å². The van der Waals surface area contributed by atoms with Crippen molar-refractivity contribution < 1.29 is 0 Å². The van der Waals surface area contributed by atoms with Crippen LogP contribution in [0.5, 0.6) is 0 Å². The molecule has 0 amide bonds. The van der Waals surface area contributed by atoms with E-state index in [1.54, 1.807) is 0 Å². The van der Waals surface area contributed by atoms with Crippen molar-refractivity contribution in [3.05, 3.63) is 0 Å². The van der Waals surface area contributed by atoms with Gasteiger partial charge in [0.1, 0.15) is 4.33 Å². The molecule has 0 saturated heterocycles. The van der Waals surface area contributed by atoms with Gasteiger partial charge in [-0.2, -0.15) is 0 Å². The molecule has 6 rings (SSSR count). The van der Waals surface area contributed by atoms with Gasteiger partial charge in [-0.05, 0) is 29.6 Å². The second-order valence-corrected chi connectivity index (χ2v) is 9.44. The maximum absolute atomic E-state index is 6.50. The van der Waals surface area contributed by atoms with Crippen molar-refractivity contribution in [2.45, 2.75) is 13.0 Å². The topological polar surface area (TPSA) is 0 Å². The van der Waals surface area contributed by atoms with Crippen LogP contribution in [-0.2, 0) is 0 Å². The monoisotopic (exact) mass is 342 g/mol. The third kappa shape index (κ3) is 0.362. The van der Waals surface area contributed by atoms with Crippen molar-refractivity contribution >= 4 is 55.1 Å². The third-order valence-corrected chi connectivity index (χ3v) is 10.6. The van der Waals surface area contributed by atoms with Gasteiger partial charge in [0.25, 0.3) is 0 Å². The lowest BCUT2D eigenvalue weighted by Crippen LogP contribution is -2.93. The van der Waals surface area contributed by atoms with E-state index in [9.17, 15) is 0 Å². The molecule has 8 atom stereocenters. The van der Waals surface area contributed by atoms with Crippen LogP contribution in [0, 0.1) is 35.5 Å². The molecule has 6 aliphatic carbocycles. The molecule has 4 heteroatoms. The minimum atomic E-state index is -0.470. The van der Waals surface area contributed by atoms with Crippen molar-refractivity contribution in [2.24, 2.45) is 35.5 Å². The first-order chi connectivity index (χ1) is 5.98. The summed E-state index contributed by atoms with van der Waals surface area (Å²) in [6.07, 6.45) is 0. The Hall–Kier alpha value is 1.54. The van der Waals surface area contributed by atoms with Gasteiger partial charge in [0.2, 0.25) is 0 Å². The minimum absolute atomic E-state index is 0.100. The number of alkyl halides is 4. The van der Waals surface area contributed by atoms with E-state index in [2.05, 4.69) is 31.9 Å². The van der Waals surface area contributed by atoms with E-state index in [0.717, 1.165) is 29.6 Å². The van der Waals surface area contributed by atoms with Gasteiger partial charge in [0, 0.05) is 10.2 Å². The Morgan fingerprint density at radius 1 is 0.769 bits per heavy atom. The van der Waals surface area contributed by atoms with Crippen molar-refractivity contribution in [3.8, 4) is 0 Å². The molecule has 4 unspecified atom stereocenters. The van der Waals surface area contributed by atoms with E-state index in [0.29, 0.717) is 10.2 Å². The molecule has 0 aliphatic heterocycles. The summed E-state index contributed by atoms with van der Waals surface area (Å²) in [4.78, 5) is 0. The molecule has 2 bridgehead atoms. The molecular formula is C9H6Br2Cl2. The lowest BCUT2D eigenvalue weighted by molar-refractivity contribution is -0.337. The number of hydrogen-bond donors (Lipinski definition) is 0. The van der Waals surface area contributed by atoms with E-state index in [-0.39, 0.29) is 4.32 Å². The summed E-state index contributed by atoms with van der Waals surface area (Å²) < 4.78 is 0.126. The van der Waals surface area contributed by atoms with Crippen LogP contribution in [0.4, 0.5) is 0 Å². The highest BCUT2D eigenvalue weighted by molar-refractivity contribution is 9.10. The highest BCUT2D eigenvalue weighted by atomic mass is 79.9. The van der Waals surface area contributed by atoms with E-state index in [1.165, 1.54) is 0 Å². The number of rotatable bonds is 0. The Balaban J connectivity index is 1.85. The molecule has 6 saturated carbocycles. The molecule has 0 aromatic heterocycles. The quantitative estimate of drug-likeness (QED) is 0.592. The van der Waals surface area contributed by atoms with Gasteiger partial charge in [0.15, 0.2) is 0 Å². The smallest absolute Gasteiger partial charge is 0.0997 e. The predicted octanol–water partition coefficient (Wildman–Crippen LogP) is 3.19. The van der Waals surface area contributed by atoms with Crippen LogP contribution >= 0.6 is 55.1 Å². The Kier molecular flexibility index (Phi) is 0.901. The van der Waals surface area contributed by atoms with Crippen LogP contribution in [0.3, 0.4) is 0 Å². The molecule has 0 aromatic carbocycles. The Morgan fingerprint density at radius 3 is 1.62 bits per heavy atom. The summed E-state index contributed by atoms with van der Waals surface area (Å²) in [6, 6.07) is 0. The third-order valence-electron chi connectivity index (χ3n) is 5.75. The predicted molar refractivity (Wildman–Crippen MR) is 58.7 cm³/mol. The maximum atomic E-state index is 6.50. The largest absolute Gasteiger partial charge is 0.137 e. The van der Waals surface area contributed by atoms with Crippen molar-refractivity contribution in [1.29, 1.82) is 0 Å². The Bertz CT molecular complexity index is 360. The van der Waals surface area contributed by atoms with E-state index in [1.807, 2.05) is 0 Å². The van der Waals surface area contributed by atoms with Gasteiger partial charge in [-0.3, -0.25) is 0 Å². The molecule has 0 heterocycles. The number of halogens is 4. The van der Waals surface area contributed by atoms with Crippen LogP contribution in [0.1, 0.15) is 0 Å². The highest BCUT2D eigenvalue weighted by Gasteiger charge is 3.07. The van der Waals surface area contributed by atoms with Gasteiger partial charge in [0.05, 0.1) is 4.32 Å². The van der Waals surface area contributed by atoms with Crippen molar-refractivity contribution in [1.82, 2.24) is 0 Å². The average molecular weight is 345 g/mol. The molecular weight excluding hydrogens is 339 g/mol. The molecule has 13 heavy (non-hydrogen) atoms. The summed E-state index contributed by atoms with van der Waals surface area (Å²) in [5.74, 6) is 4.60. The first-order valence-electron chi connectivity index (χ1n) is 4.74. The Labute approximate surface area is 103 Å². The fraction of sp³-hybridized carbons (Fsp3) is 1.00. The molecule has 70 valence electrons. The fourth-order valence-corrected chi connectivity index (χ4v) is 9.76. The van der Waals surface area contributed by atoms with Gasteiger partial charge in [-0.15, -0.1) is 0 Å². The first kappa shape index (κ1) is 7.76. The lowest BCUT2D eigenvalue weighted by Gasteiger charge is -2.90. The normalized spacial score (nSPS) is 87.7. The second kappa shape index (κ2) is 1.51.